The number of carbonyl (C=O) groups is 1. The van der Waals surface area contributed by atoms with Crippen molar-refractivity contribution in [3.8, 4) is 11.5 Å². The van der Waals surface area contributed by atoms with Crippen molar-refractivity contribution in [1.29, 1.82) is 0 Å². The van der Waals surface area contributed by atoms with Crippen molar-refractivity contribution < 1.29 is 27.2 Å². The molecule has 7 nitrogen and oxygen atoms in total. The summed E-state index contributed by atoms with van der Waals surface area (Å²) in [6.45, 7) is 2.02. The molecule has 43 heavy (non-hydrogen) atoms. The van der Waals surface area contributed by atoms with Crippen LogP contribution in [0.4, 0.5) is 0 Å². The number of Topliss-reactive ketones (excluding diaryl/α,β-unsaturated/α-hetero) is 1. The van der Waals surface area contributed by atoms with Gasteiger partial charge in [-0.3, -0.25) is 13.2 Å². The predicted octanol–water partition coefficient (Wildman–Crippen LogP) is 5.79. The second kappa shape index (κ2) is 10.8. The van der Waals surface area contributed by atoms with E-state index in [4.69, 9.17) is 18.8 Å². The summed E-state index contributed by atoms with van der Waals surface area (Å²) in [6.07, 6.45) is 3.87. The van der Waals surface area contributed by atoms with Crippen molar-refractivity contribution in [2.45, 2.75) is 93.0 Å². The van der Waals surface area contributed by atoms with Gasteiger partial charge >= 0.3 is 11.4 Å². The Kier molecular flexibility index (Phi) is 7.24. The minimum Gasteiger partial charge on any atom is -0.504 e. The van der Waals surface area contributed by atoms with Gasteiger partial charge in [-0.15, -0.1) is 0 Å². The number of nitrogens with two attached hydrogens (primary N) is 1. The van der Waals surface area contributed by atoms with Crippen molar-refractivity contribution in [1.82, 2.24) is 0 Å². The van der Waals surface area contributed by atoms with E-state index in [0.717, 1.165) is 31.2 Å². The normalized spacial score (nSPS) is 32.2. The average Bonchev–Trinajstić information content (AvgIpc) is 3.39. The molecule has 4 aliphatic rings. The molecule has 3 aliphatic carbocycles. The first kappa shape index (κ1) is 28.7. The number of ketones is 1. The van der Waals surface area contributed by atoms with Gasteiger partial charge in [-0.05, 0) is 62.1 Å². The molecule has 3 aromatic carbocycles. The van der Waals surface area contributed by atoms with Crippen LogP contribution in [0.15, 0.2) is 78.9 Å². The van der Waals surface area contributed by atoms with Gasteiger partial charge in [-0.2, -0.15) is 4.21 Å². The molecule has 1 heterocycles. The van der Waals surface area contributed by atoms with E-state index in [1.165, 1.54) is 11.1 Å². The molecule has 0 radical (unpaired) electrons. The van der Waals surface area contributed by atoms with Gasteiger partial charge in [0.1, 0.15) is 5.60 Å². The zero-order chi connectivity index (χ0) is 29.8. The minimum atomic E-state index is -2.09. The van der Waals surface area contributed by atoms with Gasteiger partial charge in [-0.25, -0.2) is 0 Å². The molecule has 6 atom stereocenters. The number of para-hydroxylation sites is 1. The number of hydrogen-bond donors (Lipinski definition) is 2. The lowest BCUT2D eigenvalue weighted by Gasteiger charge is -2.59. The molecule has 1 spiro atoms. The van der Waals surface area contributed by atoms with Crippen LogP contribution in [-0.2, 0) is 35.4 Å². The lowest BCUT2D eigenvalue weighted by atomic mass is 9.49. The van der Waals surface area contributed by atoms with Crippen molar-refractivity contribution in [3.63, 3.8) is 0 Å². The average molecular weight is 602 g/mol. The maximum Gasteiger partial charge on any atom is 0.305 e. The molecule has 3 aromatic rings. The second-order valence-electron chi connectivity index (χ2n) is 12.9. The van der Waals surface area contributed by atoms with E-state index in [9.17, 15) is 14.1 Å². The first-order valence-corrected chi connectivity index (χ1v) is 16.5. The summed E-state index contributed by atoms with van der Waals surface area (Å²) < 4.78 is 32.9. The molecule has 3 fully saturated rings. The van der Waals surface area contributed by atoms with Crippen LogP contribution in [0.3, 0.4) is 0 Å². The fourth-order valence-corrected chi connectivity index (χ4v) is 9.88. The topological polar surface area (TPSA) is 108 Å². The van der Waals surface area contributed by atoms with Crippen LogP contribution in [-0.4, -0.2) is 38.9 Å². The Morgan fingerprint density at radius 3 is 2.19 bits per heavy atom. The van der Waals surface area contributed by atoms with Crippen molar-refractivity contribution in [3.05, 3.63) is 95.6 Å². The molecular weight excluding hydrogens is 562 g/mol. The number of carbonyl (C=O) groups excluding carboxylic acids is 1. The number of ether oxygens (including phenoxy) is 1. The quantitative estimate of drug-likeness (QED) is 0.368. The Bertz CT molecular complexity index is 1480. The smallest absolute Gasteiger partial charge is 0.305 e. The molecule has 7 rings (SSSR count). The summed E-state index contributed by atoms with van der Waals surface area (Å²) in [5.74, 6) is 0.0482. The second-order valence-corrected chi connectivity index (χ2v) is 13.6. The van der Waals surface area contributed by atoms with Gasteiger partial charge in [0.25, 0.3) is 0 Å². The van der Waals surface area contributed by atoms with Crippen LogP contribution in [0.25, 0.3) is 0 Å². The number of phenols is 1. The van der Waals surface area contributed by atoms with Gasteiger partial charge in [0, 0.05) is 29.4 Å². The van der Waals surface area contributed by atoms with E-state index in [-0.39, 0.29) is 41.4 Å². The molecule has 6 unspecified atom stereocenters. The van der Waals surface area contributed by atoms with Gasteiger partial charge in [0.2, 0.25) is 0 Å². The minimum absolute atomic E-state index is 0.00889. The van der Waals surface area contributed by atoms with Crippen LogP contribution in [0.5, 0.6) is 11.5 Å². The van der Waals surface area contributed by atoms with Crippen LogP contribution in [0.2, 0.25) is 0 Å². The van der Waals surface area contributed by atoms with Crippen molar-refractivity contribution in [2.24, 2.45) is 11.7 Å². The standard InChI is InChI=1S/C35H39NO6S/c1-23-28(36)17-21-34-27-13-8-14-29(37)31(27)40-32(34)30(38)18-22-35(23,34)42-43(39)41-26-15-19-33(20-16-26,24-9-4-2-5-10-24)25-11-6-3-7-12-25/h2-14,23,26,28,32,37H,15-22,36H2,1H3. The monoisotopic (exact) mass is 601 g/mol. The number of rotatable bonds is 6. The lowest BCUT2D eigenvalue weighted by molar-refractivity contribution is -0.164. The van der Waals surface area contributed by atoms with Crippen molar-refractivity contribution >= 4 is 17.1 Å². The molecular formula is C35H39NO6S. The molecule has 3 N–H and O–H groups in total. The highest BCUT2D eigenvalue weighted by Crippen LogP contribution is 2.64. The molecule has 226 valence electrons. The number of aromatic hydroxyl groups is 1. The summed E-state index contributed by atoms with van der Waals surface area (Å²) in [4.78, 5) is 13.3. The van der Waals surface area contributed by atoms with Gasteiger partial charge in [0.05, 0.1) is 11.5 Å². The van der Waals surface area contributed by atoms with Crippen LogP contribution < -0.4 is 10.5 Å². The SMILES string of the molecule is CC1C(N)CCC23c4cccc(O)c4OC2C(=O)CCC13OS(=O)OC1CCC(c2ccccc2)(c2ccccc2)CC1. The van der Waals surface area contributed by atoms with E-state index in [2.05, 4.69) is 48.5 Å². The Morgan fingerprint density at radius 2 is 1.53 bits per heavy atom. The van der Waals surface area contributed by atoms with Crippen LogP contribution in [0, 0.1) is 5.92 Å². The third kappa shape index (κ3) is 4.32. The molecule has 3 saturated carbocycles. The number of hydrogen-bond acceptors (Lipinski definition) is 7. The summed E-state index contributed by atoms with van der Waals surface area (Å²) in [5.41, 5.74) is 7.83. The highest BCUT2D eigenvalue weighted by Gasteiger charge is 2.72. The predicted molar refractivity (Wildman–Crippen MR) is 164 cm³/mol. The number of fused-ring (bicyclic) bond motifs is 1. The van der Waals surface area contributed by atoms with E-state index in [1.54, 1.807) is 12.1 Å². The zero-order valence-corrected chi connectivity index (χ0v) is 25.3. The molecule has 0 amide bonds. The molecule has 0 saturated heterocycles. The largest absolute Gasteiger partial charge is 0.504 e. The van der Waals surface area contributed by atoms with E-state index >= 15 is 0 Å². The third-order valence-corrected chi connectivity index (χ3v) is 11.9. The van der Waals surface area contributed by atoms with Crippen LogP contribution >= 0.6 is 0 Å². The summed E-state index contributed by atoms with van der Waals surface area (Å²) >= 11 is -2.09. The summed E-state index contributed by atoms with van der Waals surface area (Å²) in [6, 6.07) is 26.2. The number of benzene rings is 3. The highest BCUT2D eigenvalue weighted by molar-refractivity contribution is 7.75. The summed E-state index contributed by atoms with van der Waals surface area (Å²) in [5, 5.41) is 10.7. The Hall–Kier alpha value is -3.04. The number of phenolic OH excluding ortho intramolecular Hbond substituents is 1. The Labute approximate surface area is 255 Å². The first-order valence-electron chi connectivity index (χ1n) is 15.5. The first-order chi connectivity index (χ1) is 20.8. The highest BCUT2D eigenvalue weighted by atomic mass is 32.2. The van der Waals surface area contributed by atoms with Gasteiger partial charge < -0.3 is 15.6 Å². The van der Waals surface area contributed by atoms with E-state index < -0.39 is 28.5 Å². The fourth-order valence-electron chi connectivity index (χ4n) is 8.80. The Balaban J connectivity index is 1.16. The zero-order valence-electron chi connectivity index (χ0n) is 24.4. The molecule has 0 aromatic heterocycles. The fraction of sp³-hybridized carbons (Fsp3) is 0.457. The van der Waals surface area contributed by atoms with Crippen molar-refractivity contribution in [2.75, 3.05) is 0 Å². The van der Waals surface area contributed by atoms with Crippen LogP contribution in [0.1, 0.15) is 75.0 Å². The molecule has 8 heteroatoms. The van der Waals surface area contributed by atoms with Gasteiger partial charge in [0.15, 0.2) is 23.4 Å². The third-order valence-electron chi connectivity index (χ3n) is 11.1. The molecule has 0 bridgehead atoms. The summed E-state index contributed by atoms with van der Waals surface area (Å²) in [7, 11) is 0. The molecule has 1 aliphatic heterocycles. The van der Waals surface area contributed by atoms with E-state index in [0.29, 0.717) is 25.0 Å². The maximum absolute atomic E-state index is 13.9. The maximum atomic E-state index is 13.9. The lowest BCUT2D eigenvalue weighted by Crippen LogP contribution is -2.71. The Morgan fingerprint density at radius 1 is 0.884 bits per heavy atom. The van der Waals surface area contributed by atoms with Gasteiger partial charge in [-0.1, -0.05) is 79.7 Å². The van der Waals surface area contributed by atoms with E-state index in [1.807, 2.05) is 25.1 Å².